The molecule has 3 rings (SSSR count). The number of nitrogens with zero attached hydrogens (tertiary/aromatic N) is 1. The number of carbonyl (C=O) groups is 2. The second-order valence-electron chi connectivity index (χ2n) is 6.83. The van der Waals surface area contributed by atoms with E-state index >= 15 is 0 Å². The molecule has 1 heterocycles. The predicted octanol–water partition coefficient (Wildman–Crippen LogP) is 3.12. The Morgan fingerprint density at radius 3 is 2.63 bits per heavy atom. The zero-order valence-corrected chi connectivity index (χ0v) is 16.2. The largest absolute Gasteiger partial charge is 0.340 e. The van der Waals surface area contributed by atoms with Crippen LogP contribution < -0.4 is 15.5 Å². The minimum absolute atomic E-state index is 0.0254. The molecule has 1 saturated heterocycles. The van der Waals surface area contributed by atoms with Crippen molar-refractivity contribution in [3.63, 3.8) is 0 Å². The van der Waals surface area contributed by atoms with Crippen molar-refractivity contribution >= 4 is 34.8 Å². The summed E-state index contributed by atoms with van der Waals surface area (Å²) in [6.45, 7) is 3.53. The molecule has 0 saturated carbocycles. The second-order valence-corrected chi connectivity index (χ2v) is 7.24. The highest BCUT2D eigenvalue weighted by Gasteiger charge is 2.21. The van der Waals surface area contributed by atoms with E-state index in [4.69, 9.17) is 11.6 Å². The van der Waals surface area contributed by atoms with Gasteiger partial charge in [-0.25, -0.2) is 0 Å². The van der Waals surface area contributed by atoms with Crippen molar-refractivity contribution in [2.75, 3.05) is 23.3 Å². The summed E-state index contributed by atoms with van der Waals surface area (Å²) in [7, 11) is 0. The van der Waals surface area contributed by atoms with E-state index in [-0.39, 0.29) is 17.9 Å². The van der Waals surface area contributed by atoms with Gasteiger partial charge in [-0.15, -0.1) is 0 Å². The van der Waals surface area contributed by atoms with E-state index in [9.17, 15) is 9.59 Å². The third-order valence-electron chi connectivity index (χ3n) is 4.82. The average Bonchev–Trinajstić information content (AvgIpc) is 3.08. The van der Waals surface area contributed by atoms with Crippen molar-refractivity contribution in [2.24, 2.45) is 0 Å². The molecule has 0 unspecified atom stereocenters. The van der Waals surface area contributed by atoms with Gasteiger partial charge in [-0.3, -0.25) is 9.59 Å². The van der Waals surface area contributed by atoms with Gasteiger partial charge < -0.3 is 15.5 Å². The second kappa shape index (κ2) is 9.02. The maximum Gasteiger partial charge on any atom is 0.230 e. The van der Waals surface area contributed by atoms with Crippen LogP contribution in [-0.4, -0.2) is 24.9 Å². The van der Waals surface area contributed by atoms with Crippen molar-refractivity contribution in [1.29, 1.82) is 0 Å². The fourth-order valence-electron chi connectivity index (χ4n) is 3.31. The Labute approximate surface area is 164 Å². The smallest absolute Gasteiger partial charge is 0.230 e. The number of hydrogen-bond acceptors (Lipinski definition) is 2. The Morgan fingerprint density at radius 2 is 1.96 bits per heavy atom. The fourth-order valence-corrected chi connectivity index (χ4v) is 3.61. The van der Waals surface area contributed by atoms with Crippen LogP contribution in [0, 0.1) is 0 Å². The lowest BCUT2D eigenvalue weighted by atomic mass is 10.1. The lowest BCUT2D eigenvalue weighted by Gasteiger charge is -2.16. The van der Waals surface area contributed by atoms with Crippen molar-refractivity contribution < 1.29 is 14.9 Å². The molecule has 0 radical (unpaired) electrons. The first-order chi connectivity index (χ1) is 13.0. The van der Waals surface area contributed by atoms with Gasteiger partial charge in [-0.05, 0) is 43.7 Å². The molecule has 27 heavy (non-hydrogen) atoms. The third kappa shape index (κ3) is 5.08. The Bertz CT molecular complexity index is 807. The summed E-state index contributed by atoms with van der Waals surface area (Å²) in [5.41, 5.74) is 2.71. The van der Waals surface area contributed by atoms with Crippen LogP contribution >= 0.6 is 11.6 Å². The van der Waals surface area contributed by atoms with Crippen molar-refractivity contribution in [3.8, 4) is 0 Å². The molecule has 1 fully saturated rings. The summed E-state index contributed by atoms with van der Waals surface area (Å²) in [6, 6.07) is 15.4. The van der Waals surface area contributed by atoms with E-state index in [1.54, 1.807) is 4.90 Å². The summed E-state index contributed by atoms with van der Waals surface area (Å²) >= 11 is 6.21. The molecule has 1 atom stereocenters. The number of anilines is 2. The van der Waals surface area contributed by atoms with Crippen LogP contribution in [0.15, 0.2) is 48.5 Å². The molecule has 5 nitrogen and oxygen atoms in total. The summed E-state index contributed by atoms with van der Waals surface area (Å²) in [5, 5.41) is 5.77. The normalized spacial score (nSPS) is 15.0. The van der Waals surface area contributed by atoms with Gasteiger partial charge in [0.25, 0.3) is 0 Å². The van der Waals surface area contributed by atoms with Gasteiger partial charge in [-0.2, -0.15) is 0 Å². The molecule has 6 heteroatoms. The number of rotatable bonds is 7. The monoisotopic (exact) mass is 386 g/mol. The number of carbonyl (C=O) groups excluding carboxylic acids is 2. The van der Waals surface area contributed by atoms with E-state index in [1.807, 2.05) is 48.5 Å². The third-order valence-corrected chi connectivity index (χ3v) is 5.17. The van der Waals surface area contributed by atoms with Gasteiger partial charge in [0, 0.05) is 34.9 Å². The summed E-state index contributed by atoms with van der Waals surface area (Å²) in [5.74, 6) is 0.137. The molecule has 0 aromatic heterocycles. The maximum absolute atomic E-state index is 12.2. The highest BCUT2D eigenvalue weighted by atomic mass is 35.5. The Morgan fingerprint density at radius 1 is 1.22 bits per heavy atom. The average molecular weight is 387 g/mol. The standard InChI is InChI=1S/C21H24ClN3O2/c1-15(18-5-2-3-6-19(18)22)23-13-12-20(26)24-16-8-10-17(11-9-16)25-14-4-7-21(25)27/h2-3,5-6,8-11,15,23H,4,7,12-14H2,1H3,(H,24,26)/p+1/t15-/m0/s1. The summed E-state index contributed by atoms with van der Waals surface area (Å²) in [6.07, 6.45) is 1.93. The van der Waals surface area contributed by atoms with Crippen LogP contribution in [0.5, 0.6) is 0 Å². The molecule has 1 aliphatic heterocycles. The molecule has 3 N–H and O–H groups in total. The lowest BCUT2D eigenvalue weighted by Crippen LogP contribution is -2.85. The molecule has 0 spiro atoms. The molecule has 1 aliphatic rings. The summed E-state index contributed by atoms with van der Waals surface area (Å²) in [4.78, 5) is 25.7. The maximum atomic E-state index is 12.2. The van der Waals surface area contributed by atoms with Gasteiger partial charge in [0.2, 0.25) is 11.8 Å². The first kappa shape index (κ1) is 19.4. The molecule has 0 bridgehead atoms. The van der Waals surface area contributed by atoms with Crippen molar-refractivity contribution in [1.82, 2.24) is 0 Å². The number of hydrogen-bond donors (Lipinski definition) is 2. The Kier molecular flexibility index (Phi) is 6.48. The van der Waals surface area contributed by atoms with E-state index in [2.05, 4.69) is 17.6 Å². The zero-order chi connectivity index (χ0) is 19.2. The highest BCUT2D eigenvalue weighted by molar-refractivity contribution is 6.31. The topological polar surface area (TPSA) is 66.0 Å². The first-order valence-electron chi connectivity index (χ1n) is 9.32. The minimum Gasteiger partial charge on any atom is -0.340 e. The van der Waals surface area contributed by atoms with E-state index in [0.29, 0.717) is 19.4 Å². The van der Waals surface area contributed by atoms with E-state index < -0.39 is 0 Å². The Hall–Kier alpha value is -2.37. The van der Waals surface area contributed by atoms with Crippen LogP contribution in [0.2, 0.25) is 5.02 Å². The molecule has 2 aromatic rings. The highest BCUT2D eigenvalue weighted by Crippen LogP contribution is 2.23. The van der Waals surface area contributed by atoms with Crippen molar-refractivity contribution in [3.05, 3.63) is 59.1 Å². The first-order valence-corrected chi connectivity index (χ1v) is 9.70. The Balaban J connectivity index is 1.45. The summed E-state index contributed by atoms with van der Waals surface area (Å²) < 4.78 is 0. The van der Waals surface area contributed by atoms with Gasteiger partial charge in [0.1, 0.15) is 6.04 Å². The van der Waals surface area contributed by atoms with Crippen LogP contribution in [0.4, 0.5) is 11.4 Å². The number of quaternary nitrogens is 1. The molecule has 2 aromatic carbocycles. The van der Waals surface area contributed by atoms with E-state index in [1.165, 1.54) is 0 Å². The van der Waals surface area contributed by atoms with Crippen LogP contribution in [-0.2, 0) is 9.59 Å². The van der Waals surface area contributed by atoms with Gasteiger partial charge in [0.15, 0.2) is 0 Å². The minimum atomic E-state index is -0.0254. The molecule has 142 valence electrons. The van der Waals surface area contributed by atoms with Crippen LogP contribution in [0.1, 0.15) is 37.8 Å². The quantitative estimate of drug-likeness (QED) is 0.767. The van der Waals surface area contributed by atoms with E-state index in [0.717, 1.165) is 34.9 Å². The molecule has 0 aliphatic carbocycles. The number of amides is 2. The SMILES string of the molecule is C[C@H]([NH2+]CCC(=O)Nc1ccc(N2CCCC2=O)cc1)c1ccccc1Cl. The van der Waals surface area contributed by atoms with Crippen molar-refractivity contribution in [2.45, 2.75) is 32.2 Å². The van der Waals surface area contributed by atoms with Gasteiger partial charge in [0.05, 0.1) is 13.0 Å². The van der Waals surface area contributed by atoms with Crippen LogP contribution in [0.3, 0.4) is 0 Å². The molecule has 2 amide bonds. The fraction of sp³-hybridized carbons (Fsp3) is 0.333. The number of nitrogens with two attached hydrogens (primary N) is 1. The van der Waals surface area contributed by atoms with Gasteiger partial charge in [-0.1, -0.05) is 29.8 Å². The van der Waals surface area contributed by atoms with Gasteiger partial charge >= 0.3 is 0 Å². The van der Waals surface area contributed by atoms with Crippen LogP contribution in [0.25, 0.3) is 0 Å². The zero-order valence-electron chi connectivity index (χ0n) is 15.5. The number of benzene rings is 2. The molecular formula is C21H25ClN3O2+. The predicted molar refractivity (Wildman–Crippen MR) is 108 cm³/mol. The lowest BCUT2D eigenvalue weighted by molar-refractivity contribution is -0.691. The number of nitrogens with one attached hydrogen (secondary N) is 1. The molecular weight excluding hydrogens is 362 g/mol. The number of halogens is 1.